The molecule has 11 heteroatoms. The van der Waals surface area contributed by atoms with Crippen LogP contribution in [0.2, 0.25) is 0 Å². The Morgan fingerprint density at radius 1 is 1.28 bits per heavy atom. The van der Waals surface area contributed by atoms with E-state index in [2.05, 4.69) is 17.2 Å². The molecule has 3 rings (SSSR count). The Labute approximate surface area is 214 Å². The predicted octanol–water partition coefficient (Wildman–Crippen LogP) is 3.58. The zero-order valence-electron chi connectivity index (χ0n) is 20.1. The van der Waals surface area contributed by atoms with E-state index in [0.29, 0.717) is 23.7 Å². The maximum absolute atomic E-state index is 14.9. The zero-order chi connectivity index (χ0) is 26.2. The monoisotopic (exact) mass is 519 g/mol. The molecule has 4 N–H and O–H groups in total. The van der Waals surface area contributed by atoms with E-state index < -0.39 is 23.8 Å². The topological polar surface area (TPSA) is 117 Å². The molecular formula is C25H31ClFN5O4. The van der Waals surface area contributed by atoms with Crippen molar-refractivity contribution >= 4 is 40.8 Å². The van der Waals surface area contributed by atoms with Crippen LogP contribution in [0, 0.1) is 5.82 Å². The Kier molecular flexibility index (Phi) is 9.49. The number of rotatable bonds is 7. The van der Waals surface area contributed by atoms with Gasteiger partial charge in [-0.2, -0.15) is 0 Å². The maximum Gasteiger partial charge on any atom is 0.323 e. The molecule has 1 aromatic carbocycles. The first-order chi connectivity index (χ1) is 17.2. The molecule has 1 aromatic rings. The quantitative estimate of drug-likeness (QED) is 0.476. The minimum absolute atomic E-state index is 0.0183. The van der Waals surface area contributed by atoms with Gasteiger partial charge in [0.25, 0.3) is 0 Å². The summed E-state index contributed by atoms with van der Waals surface area (Å²) < 4.78 is 20.3. The fourth-order valence-corrected chi connectivity index (χ4v) is 4.22. The fourth-order valence-electron chi connectivity index (χ4n) is 4.16. The minimum atomic E-state index is -0.915. The van der Waals surface area contributed by atoms with E-state index in [4.69, 9.17) is 22.1 Å². The Balaban J connectivity index is 1.71. The molecule has 36 heavy (non-hydrogen) atoms. The first-order valence-electron chi connectivity index (χ1n) is 11.7. The van der Waals surface area contributed by atoms with E-state index in [1.165, 1.54) is 42.4 Å². The molecule has 0 spiro atoms. The number of hydrogen-bond donors (Lipinski definition) is 3. The predicted molar refractivity (Wildman–Crippen MR) is 137 cm³/mol. The molecule has 2 atom stereocenters. The number of nitrogens with zero attached hydrogens (tertiary/aromatic N) is 2. The molecule has 9 nitrogen and oxygen atoms in total. The van der Waals surface area contributed by atoms with Gasteiger partial charge < -0.3 is 25.6 Å². The van der Waals surface area contributed by atoms with Crippen LogP contribution in [-0.4, -0.2) is 55.1 Å². The number of likely N-dealkylation sites (tertiary alicyclic amines) is 1. The van der Waals surface area contributed by atoms with Crippen LogP contribution in [-0.2, 0) is 14.3 Å². The molecule has 0 radical (unpaired) electrons. The van der Waals surface area contributed by atoms with Gasteiger partial charge in [-0.15, -0.1) is 0 Å². The second-order valence-electron chi connectivity index (χ2n) is 8.58. The number of nitrogens with one attached hydrogen (secondary N) is 2. The molecule has 0 saturated carbocycles. The minimum Gasteiger partial charge on any atom is -0.385 e. The van der Waals surface area contributed by atoms with Gasteiger partial charge in [-0.05, 0) is 43.2 Å². The van der Waals surface area contributed by atoms with E-state index in [-0.39, 0.29) is 36.5 Å². The summed E-state index contributed by atoms with van der Waals surface area (Å²) in [5.41, 5.74) is 6.23. The van der Waals surface area contributed by atoms with Crippen LogP contribution >= 0.6 is 11.6 Å². The summed E-state index contributed by atoms with van der Waals surface area (Å²) in [6.07, 6.45) is 7.16. The van der Waals surface area contributed by atoms with Crippen molar-refractivity contribution in [3.63, 3.8) is 0 Å². The highest BCUT2D eigenvalue weighted by Crippen LogP contribution is 2.27. The molecule has 2 aliphatic heterocycles. The standard InChI is InChI=1S/C25H31ClFN5O4/c1-3-16(26)8-11-22(28)30-25(35)32-15-18(36-2)14-21(32)24(34)29-20-10-9-17(13-19(20)27)31-12-6-4-5-7-23(31)33/h3,8-11,13,18,21H,1,4-7,12,14-15,28H2,2H3,(H,29,34)(H,30,35)/b16-8+,22-11+/t18-,21-/m1/s1. The number of carbonyl (C=O) groups excluding carboxylic acids is 3. The van der Waals surface area contributed by atoms with Crippen LogP contribution in [0.3, 0.4) is 0 Å². The van der Waals surface area contributed by atoms with Crippen LogP contribution in [0.5, 0.6) is 0 Å². The number of allylic oxidation sites excluding steroid dienone is 4. The lowest BCUT2D eigenvalue weighted by atomic mass is 10.1. The average Bonchev–Trinajstić information content (AvgIpc) is 3.19. The molecule has 2 heterocycles. The summed E-state index contributed by atoms with van der Waals surface area (Å²) in [6.45, 7) is 4.20. The SMILES string of the molecule is C=C/C(Cl)=C\C=C(/N)NC(=O)N1C[C@H](OC)C[C@@H]1C(=O)Nc1ccc(N2CCCCCC2=O)cc1F. The summed E-state index contributed by atoms with van der Waals surface area (Å²) in [4.78, 5) is 41.1. The number of nitrogens with two attached hydrogens (primary N) is 1. The lowest BCUT2D eigenvalue weighted by molar-refractivity contribution is -0.120. The molecule has 2 fully saturated rings. The molecular weight excluding hydrogens is 489 g/mol. The van der Waals surface area contributed by atoms with E-state index >= 15 is 0 Å². The highest BCUT2D eigenvalue weighted by atomic mass is 35.5. The molecule has 2 saturated heterocycles. The fraction of sp³-hybridized carbons (Fsp3) is 0.400. The van der Waals surface area contributed by atoms with Gasteiger partial charge in [0.2, 0.25) is 11.8 Å². The highest BCUT2D eigenvalue weighted by molar-refractivity contribution is 6.31. The van der Waals surface area contributed by atoms with Crippen LogP contribution in [0.15, 0.2) is 53.9 Å². The second kappa shape index (κ2) is 12.5. The number of methoxy groups -OCH3 is 1. The van der Waals surface area contributed by atoms with Crippen molar-refractivity contribution in [1.29, 1.82) is 0 Å². The van der Waals surface area contributed by atoms with Gasteiger partial charge in [0.1, 0.15) is 17.7 Å². The van der Waals surface area contributed by atoms with Gasteiger partial charge in [-0.25, -0.2) is 9.18 Å². The lowest BCUT2D eigenvalue weighted by Gasteiger charge is -2.24. The van der Waals surface area contributed by atoms with Crippen molar-refractivity contribution in [3.05, 3.63) is 59.7 Å². The molecule has 194 valence electrons. The summed E-state index contributed by atoms with van der Waals surface area (Å²) in [5.74, 6) is -1.27. The number of amides is 4. The number of benzene rings is 1. The van der Waals surface area contributed by atoms with Crippen molar-refractivity contribution in [2.24, 2.45) is 5.73 Å². The van der Waals surface area contributed by atoms with Crippen molar-refractivity contribution in [2.45, 2.75) is 44.2 Å². The van der Waals surface area contributed by atoms with Gasteiger partial charge in [-0.3, -0.25) is 14.9 Å². The molecule has 0 bridgehead atoms. The van der Waals surface area contributed by atoms with Crippen molar-refractivity contribution in [3.8, 4) is 0 Å². The second-order valence-corrected chi connectivity index (χ2v) is 9.02. The number of anilines is 2. The number of hydrogen-bond acceptors (Lipinski definition) is 5. The Hall–Kier alpha value is -3.37. The zero-order valence-corrected chi connectivity index (χ0v) is 20.9. The summed E-state index contributed by atoms with van der Waals surface area (Å²) in [6, 6.07) is 2.74. The van der Waals surface area contributed by atoms with Crippen molar-refractivity contribution in [1.82, 2.24) is 10.2 Å². The summed E-state index contributed by atoms with van der Waals surface area (Å²) >= 11 is 5.83. The third kappa shape index (κ3) is 6.86. The summed E-state index contributed by atoms with van der Waals surface area (Å²) in [5, 5.41) is 5.39. The molecule has 0 aliphatic carbocycles. The number of carbonyl (C=O) groups is 3. The van der Waals surface area contributed by atoms with Crippen LogP contribution in [0.4, 0.5) is 20.6 Å². The largest absolute Gasteiger partial charge is 0.385 e. The Morgan fingerprint density at radius 3 is 2.75 bits per heavy atom. The first-order valence-corrected chi connectivity index (χ1v) is 12.1. The summed E-state index contributed by atoms with van der Waals surface area (Å²) in [7, 11) is 1.49. The van der Waals surface area contributed by atoms with Crippen molar-refractivity contribution in [2.75, 3.05) is 30.4 Å². The average molecular weight is 520 g/mol. The van der Waals surface area contributed by atoms with E-state index in [0.717, 1.165) is 19.3 Å². The highest BCUT2D eigenvalue weighted by Gasteiger charge is 2.40. The van der Waals surface area contributed by atoms with Crippen molar-refractivity contribution < 1.29 is 23.5 Å². The van der Waals surface area contributed by atoms with Crippen LogP contribution in [0.1, 0.15) is 32.1 Å². The molecule has 0 aromatic heterocycles. The van der Waals surface area contributed by atoms with Gasteiger partial charge in [-0.1, -0.05) is 30.7 Å². The Bertz CT molecular complexity index is 1080. The smallest absolute Gasteiger partial charge is 0.323 e. The van der Waals surface area contributed by atoms with E-state index in [1.54, 1.807) is 11.0 Å². The first kappa shape index (κ1) is 27.2. The van der Waals surface area contributed by atoms with Crippen LogP contribution < -0.4 is 21.3 Å². The van der Waals surface area contributed by atoms with Gasteiger partial charge >= 0.3 is 6.03 Å². The Morgan fingerprint density at radius 2 is 2.06 bits per heavy atom. The van der Waals surface area contributed by atoms with Crippen LogP contribution in [0.25, 0.3) is 0 Å². The number of ether oxygens (including phenoxy) is 1. The van der Waals surface area contributed by atoms with E-state index in [1.807, 2.05) is 0 Å². The van der Waals surface area contributed by atoms with Gasteiger partial charge in [0.05, 0.1) is 11.8 Å². The lowest BCUT2D eigenvalue weighted by Crippen LogP contribution is -2.48. The van der Waals surface area contributed by atoms with E-state index in [9.17, 15) is 18.8 Å². The van der Waals surface area contributed by atoms with Gasteiger partial charge in [0, 0.05) is 43.8 Å². The molecule has 4 amide bonds. The maximum atomic E-state index is 14.9. The number of halogens is 2. The number of urea groups is 1. The third-order valence-corrected chi connectivity index (χ3v) is 6.40. The molecule has 2 aliphatic rings. The third-order valence-electron chi connectivity index (χ3n) is 6.12. The van der Waals surface area contributed by atoms with Gasteiger partial charge in [0.15, 0.2) is 0 Å². The normalized spacial score (nSPS) is 21.2. The molecule has 0 unspecified atom stereocenters.